The molecule has 5 nitrogen and oxygen atoms in total. The van der Waals surface area contributed by atoms with Crippen molar-refractivity contribution in [3.63, 3.8) is 0 Å². The minimum absolute atomic E-state index is 0.0364. The molecule has 0 spiro atoms. The van der Waals surface area contributed by atoms with Crippen molar-refractivity contribution in [2.45, 2.75) is 24.9 Å². The van der Waals surface area contributed by atoms with E-state index in [2.05, 4.69) is 15.3 Å². The zero-order chi connectivity index (χ0) is 16.8. The number of hydrogen-bond donors (Lipinski definition) is 2. The molecule has 0 fully saturated rings. The molecule has 1 aromatic carbocycles. The van der Waals surface area contributed by atoms with Gasteiger partial charge >= 0.3 is 0 Å². The second kappa shape index (κ2) is 7.87. The van der Waals surface area contributed by atoms with Crippen molar-refractivity contribution in [1.29, 1.82) is 0 Å². The van der Waals surface area contributed by atoms with Crippen LogP contribution in [0.3, 0.4) is 0 Å². The van der Waals surface area contributed by atoms with E-state index >= 15 is 0 Å². The molecule has 23 heavy (non-hydrogen) atoms. The van der Waals surface area contributed by atoms with Gasteiger partial charge in [0.15, 0.2) is 5.16 Å². The number of thioether (sulfide) groups is 1. The van der Waals surface area contributed by atoms with Gasteiger partial charge in [0.25, 0.3) is 5.56 Å². The van der Waals surface area contributed by atoms with E-state index in [0.717, 1.165) is 36.4 Å². The average Bonchev–Trinajstić information content (AvgIpc) is 2.44. The van der Waals surface area contributed by atoms with Crippen LogP contribution in [0.2, 0.25) is 0 Å². The molecule has 2 N–H and O–H groups in total. The summed E-state index contributed by atoms with van der Waals surface area (Å²) in [6, 6.07) is 4.18. The first-order chi connectivity index (χ1) is 11.0. The highest BCUT2D eigenvalue weighted by Crippen LogP contribution is 2.15. The Bertz CT molecular complexity index is 744. The second-order valence-electron chi connectivity index (χ2n) is 4.79. The van der Waals surface area contributed by atoms with E-state index in [1.165, 1.54) is 6.07 Å². The molecule has 0 saturated heterocycles. The molecule has 8 heteroatoms. The Morgan fingerprint density at radius 1 is 1.26 bits per heavy atom. The summed E-state index contributed by atoms with van der Waals surface area (Å²) in [5.74, 6) is -2.04. The molecule has 2 rings (SSSR count). The van der Waals surface area contributed by atoms with Gasteiger partial charge in [-0.25, -0.2) is 13.8 Å². The Morgan fingerprint density at radius 2 is 1.96 bits per heavy atom. The van der Waals surface area contributed by atoms with E-state index in [1.807, 2.05) is 6.92 Å². The predicted molar refractivity (Wildman–Crippen MR) is 84.6 cm³/mol. The van der Waals surface area contributed by atoms with Crippen LogP contribution in [0.4, 0.5) is 14.5 Å². The van der Waals surface area contributed by atoms with E-state index in [1.54, 1.807) is 0 Å². The van der Waals surface area contributed by atoms with Crippen LogP contribution < -0.4 is 10.9 Å². The molecule has 0 aliphatic rings. The van der Waals surface area contributed by atoms with E-state index in [9.17, 15) is 18.4 Å². The van der Waals surface area contributed by atoms with Crippen LogP contribution in [0.5, 0.6) is 0 Å². The number of nitrogens with zero attached hydrogens (tertiary/aromatic N) is 1. The highest BCUT2D eigenvalue weighted by atomic mass is 32.2. The third-order valence-electron chi connectivity index (χ3n) is 2.77. The summed E-state index contributed by atoms with van der Waals surface area (Å²) in [6.45, 7) is 1.97. The standard InChI is InChI=1S/C15H15F2N3O2S/c1-2-3-11-7-13(21)20-15(19-11)23-8-14(22)18-12-5-9(16)4-10(17)6-12/h4-7H,2-3,8H2,1H3,(H,18,22)(H,19,20,21). The van der Waals surface area contributed by atoms with Gasteiger partial charge in [-0.1, -0.05) is 25.1 Å². The number of aryl methyl sites for hydroxylation is 1. The van der Waals surface area contributed by atoms with Crippen LogP contribution >= 0.6 is 11.8 Å². The minimum Gasteiger partial charge on any atom is -0.325 e. The molecule has 0 saturated carbocycles. The molecule has 0 radical (unpaired) electrons. The quantitative estimate of drug-likeness (QED) is 0.627. The first kappa shape index (κ1) is 17.1. The number of hydrogen-bond acceptors (Lipinski definition) is 4. The molecular formula is C15H15F2N3O2S. The lowest BCUT2D eigenvalue weighted by Crippen LogP contribution is -2.16. The number of halogens is 2. The highest BCUT2D eigenvalue weighted by Gasteiger charge is 2.08. The molecule has 1 aromatic heterocycles. The molecule has 0 unspecified atom stereocenters. The molecule has 0 bridgehead atoms. The van der Waals surface area contributed by atoms with Crippen molar-refractivity contribution in [2.24, 2.45) is 0 Å². The lowest BCUT2D eigenvalue weighted by atomic mass is 10.2. The molecule has 1 heterocycles. The number of benzene rings is 1. The van der Waals surface area contributed by atoms with Crippen LogP contribution in [-0.2, 0) is 11.2 Å². The van der Waals surface area contributed by atoms with Crippen molar-refractivity contribution in [1.82, 2.24) is 9.97 Å². The van der Waals surface area contributed by atoms with Crippen LogP contribution in [0.15, 0.2) is 34.2 Å². The molecule has 0 atom stereocenters. The molecule has 1 amide bonds. The van der Waals surface area contributed by atoms with Gasteiger partial charge in [-0.3, -0.25) is 9.59 Å². The Hall–Kier alpha value is -2.22. The molecule has 0 aliphatic heterocycles. The van der Waals surface area contributed by atoms with Crippen LogP contribution in [-0.4, -0.2) is 21.6 Å². The fourth-order valence-corrected chi connectivity index (χ4v) is 2.59. The smallest absolute Gasteiger partial charge is 0.251 e. The highest BCUT2D eigenvalue weighted by molar-refractivity contribution is 7.99. The summed E-state index contributed by atoms with van der Waals surface area (Å²) in [5.41, 5.74) is 0.416. The van der Waals surface area contributed by atoms with E-state index < -0.39 is 17.5 Å². The van der Waals surface area contributed by atoms with Crippen LogP contribution in [0.1, 0.15) is 19.0 Å². The number of aromatic nitrogens is 2. The van der Waals surface area contributed by atoms with Gasteiger partial charge in [0.1, 0.15) is 11.6 Å². The van der Waals surface area contributed by atoms with Crippen LogP contribution in [0, 0.1) is 11.6 Å². The minimum atomic E-state index is -0.772. The van der Waals surface area contributed by atoms with Crippen molar-refractivity contribution in [3.8, 4) is 0 Å². The largest absolute Gasteiger partial charge is 0.325 e. The van der Waals surface area contributed by atoms with Crippen molar-refractivity contribution in [3.05, 3.63) is 51.9 Å². The fraction of sp³-hybridized carbons (Fsp3) is 0.267. The number of H-pyrrole nitrogens is 1. The third-order valence-corrected chi connectivity index (χ3v) is 3.64. The topological polar surface area (TPSA) is 74.8 Å². The summed E-state index contributed by atoms with van der Waals surface area (Å²) in [6.07, 6.45) is 1.53. The monoisotopic (exact) mass is 339 g/mol. The summed E-state index contributed by atoms with van der Waals surface area (Å²) in [4.78, 5) is 30.1. The van der Waals surface area contributed by atoms with Crippen molar-refractivity contribution >= 4 is 23.4 Å². The maximum Gasteiger partial charge on any atom is 0.251 e. The van der Waals surface area contributed by atoms with E-state index in [-0.39, 0.29) is 17.0 Å². The maximum absolute atomic E-state index is 13.0. The normalized spacial score (nSPS) is 10.6. The number of nitrogens with one attached hydrogen (secondary N) is 2. The number of aromatic amines is 1. The summed E-state index contributed by atoms with van der Waals surface area (Å²) >= 11 is 1.04. The number of anilines is 1. The molecule has 122 valence electrons. The molecule has 0 aliphatic carbocycles. The Morgan fingerprint density at radius 3 is 2.61 bits per heavy atom. The number of rotatable bonds is 6. The second-order valence-corrected chi connectivity index (χ2v) is 5.75. The van der Waals surface area contributed by atoms with Gasteiger partial charge in [0.05, 0.1) is 5.75 Å². The van der Waals surface area contributed by atoms with Gasteiger partial charge in [-0.2, -0.15) is 0 Å². The van der Waals surface area contributed by atoms with Gasteiger partial charge in [0, 0.05) is 23.5 Å². The first-order valence-electron chi connectivity index (χ1n) is 6.95. The van der Waals surface area contributed by atoms with Gasteiger partial charge in [-0.05, 0) is 18.6 Å². The Kier molecular flexibility index (Phi) is 5.86. The number of carbonyl (C=O) groups is 1. The van der Waals surface area contributed by atoms with Crippen LogP contribution in [0.25, 0.3) is 0 Å². The van der Waals surface area contributed by atoms with Gasteiger partial charge < -0.3 is 10.3 Å². The van der Waals surface area contributed by atoms with Crippen molar-refractivity contribution < 1.29 is 13.6 Å². The predicted octanol–water partition coefficient (Wildman–Crippen LogP) is 2.73. The Balaban J connectivity index is 1.97. The van der Waals surface area contributed by atoms with Crippen molar-refractivity contribution in [2.75, 3.05) is 11.1 Å². The SMILES string of the molecule is CCCc1cc(=O)[nH]c(SCC(=O)Nc2cc(F)cc(F)c2)n1. The van der Waals surface area contributed by atoms with Gasteiger partial charge in [0.2, 0.25) is 5.91 Å². The molecular weight excluding hydrogens is 324 g/mol. The Labute approximate surface area is 135 Å². The number of amides is 1. The van der Waals surface area contributed by atoms with E-state index in [4.69, 9.17) is 0 Å². The third kappa shape index (κ3) is 5.48. The zero-order valence-electron chi connectivity index (χ0n) is 12.4. The summed E-state index contributed by atoms with van der Waals surface area (Å²) in [5, 5.41) is 2.72. The average molecular weight is 339 g/mol. The lowest BCUT2D eigenvalue weighted by Gasteiger charge is -2.06. The maximum atomic E-state index is 13.0. The van der Waals surface area contributed by atoms with Gasteiger partial charge in [-0.15, -0.1) is 0 Å². The fourth-order valence-electron chi connectivity index (χ4n) is 1.89. The lowest BCUT2D eigenvalue weighted by molar-refractivity contribution is -0.113. The molecule has 2 aromatic rings. The van der Waals surface area contributed by atoms with E-state index in [0.29, 0.717) is 17.3 Å². The summed E-state index contributed by atoms with van der Waals surface area (Å²) < 4.78 is 26.1. The number of carbonyl (C=O) groups excluding carboxylic acids is 1. The summed E-state index contributed by atoms with van der Waals surface area (Å²) in [7, 11) is 0. The zero-order valence-corrected chi connectivity index (χ0v) is 13.2. The first-order valence-corrected chi connectivity index (χ1v) is 7.94.